The number of benzene rings is 2. The van der Waals surface area contributed by atoms with Gasteiger partial charge in [-0.05, 0) is 43.2 Å². The predicted molar refractivity (Wildman–Crippen MR) is 105 cm³/mol. The third-order valence-electron chi connectivity index (χ3n) is 4.37. The lowest BCUT2D eigenvalue weighted by Gasteiger charge is -2.11. The van der Waals surface area contributed by atoms with Crippen molar-refractivity contribution in [2.24, 2.45) is 0 Å². The number of nitrogens with zero attached hydrogens (tertiary/aromatic N) is 1. The van der Waals surface area contributed by atoms with Gasteiger partial charge in [0.25, 0.3) is 11.5 Å². The van der Waals surface area contributed by atoms with Crippen LogP contribution in [0.15, 0.2) is 71.7 Å². The van der Waals surface area contributed by atoms with Crippen LogP contribution in [0.5, 0.6) is 0 Å². The Balaban J connectivity index is 1.84. The first kappa shape index (κ1) is 18.3. The minimum atomic E-state index is -0.339. The van der Waals surface area contributed by atoms with Crippen LogP contribution in [0.1, 0.15) is 38.8 Å². The van der Waals surface area contributed by atoms with E-state index < -0.39 is 0 Å². The summed E-state index contributed by atoms with van der Waals surface area (Å²) in [5, 5.41) is 2.77. The van der Waals surface area contributed by atoms with E-state index in [0.29, 0.717) is 23.4 Å². The SMILES string of the molecule is CC(=O)c1cccc(NC(=O)c2ccc(=O)n(Cc3ccccc3C)c2)c1. The van der Waals surface area contributed by atoms with Crippen molar-refractivity contribution < 1.29 is 9.59 Å². The van der Waals surface area contributed by atoms with Gasteiger partial charge in [0.15, 0.2) is 5.78 Å². The van der Waals surface area contributed by atoms with Crippen molar-refractivity contribution >= 4 is 17.4 Å². The van der Waals surface area contributed by atoms with Crippen molar-refractivity contribution in [2.45, 2.75) is 20.4 Å². The molecule has 0 unspecified atom stereocenters. The maximum Gasteiger partial charge on any atom is 0.257 e. The molecule has 1 N–H and O–H groups in total. The lowest BCUT2D eigenvalue weighted by molar-refractivity contribution is 0.101. The Bertz CT molecular complexity index is 1070. The minimum Gasteiger partial charge on any atom is -0.322 e. The molecule has 1 aromatic heterocycles. The van der Waals surface area contributed by atoms with E-state index in [0.717, 1.165) is 11.1 Å². The summed E-state index contributed by atoms with van der Waals surface area (Å²) in [5.41, 5.74) is 3.36. The second kappa shape index (κ2) is 7.83. The van der Waals surface area contributed by atoms with Gasteiger partial charge in [0, 0.05) is 23.5 Å². The van der Waals surface area contributed by atoms with Crippen LogP contribution in [0.3, 0.4) is 0 Å². The maximum absolute atomic E-state index is 12.6. The minimum absolute atomic E-state index is 0.0714. The van der Waals surface area contributed by atoms with E-state index in [1.165, 1.54) is 23.6 Å². The third-order valence-corrected chi connectivity index (χ3v) is 4.37. The fourth-order valence-corrected chi connectivity index (χ4v) is 2.78. The normalized spacial score (nSPS) is 10.4. The molecular formula is C22H20N2O3. The molecule has 5 heteroatoms. The van der Waals surface area contributed by atoms with Crippen LogP contribution in [0.2, 0.25) is 0 Å². The molecule has 3 rings (SSSR count). The molecule has 1 heterocycles. The summed E-state index contributed by atoms with van der Waals surface area (Å²) in [5.74, 6) is -0.410. The lowest BCUT2D eigenvalue weighted by atomic mass is 10.1. The van der Waals surface area contributed by atoms with Crippen LogP contribution < -0.4 is 10.9 Å². The number of anilines is 1. The molecule has 0 spiro atoms. The molecule has 0 saturated carbocycles. The summed E-state index contributed by atoms with van der Waals surface area (Å²) in [6.45, 7) is 3.85. The summed E-state index contributed by atoms with van der Waals surface area (Å²) in [6.07, 6.45) is 1.55. The van der Waals surface area contributed by atoms with Gasteiger partial charge in [0.2, 0.25) is 0 Å². The van der Waals surface area contributed by atoms with Gasteiger partial charge in [-0.15, -0.1) is 0 Å². The third kappa shape index (κ3) is 4.39. The zero-order valence-corrected chi connectivity index (χ0v) is 15.2. The van der Waals surface area contributed by atoms with Gasteiger partial charge in [-0.1, -0.05) is 36.4 Å². The molecule has 0 atom stereocenters. The molecular weight excluding hydrogens is 340 g/mol. The maximum atomic E-state index is 12.6. The Kier molecular flexibility index (Phi) is 5.31. The molecule has 0 bridgehead atoms. The summed E-state index contributed by atoms with van der Waals surface area (Å²) >= 11 is 0. The fourth-order valence-electron chi connectivity index (χ4n) is 2.78. The van der Waals surface area contributed by atoms with E-state index in [2.05, 4.69) is 5.32 Å². The zero-order chi connectivity index (χ0) is 19.4. The van der Waals surface area contributed by atoms with Crippen molar-refractivity contribution in [1.29, 1.82) is 0 Å². The monoisotopic (exact) mass is 360 g/mol. The Morgan fingerprint density at radius 2 is 1.74 bits per heavy atom. The molecule has 136 valence electrons. The zero-order valence-electron chi connectivity index (χ0n) is 15.2. The summed E-state index contributed by atoms with van der Waals surface area (Å²) < 4.78 is 1.52. The number of aromatic nitrogens is 1. The molecule has 5 nitrogen and oxygen atoms in total. The van der Waals surface area contributed by atoms with Crippen LogP contribution in [-0.2, 0) is 6.54 Å². The number of hydrogen-bond donors (Lipinski definition) is 1. The van der Waals surface area contributed by atoms with Crippen LogP contribution in [0.25, 0.3) is 0 Å². The van der Waals surface area contributed by atoms with Gasteiger partial charge in [0.05, 0.1) is 12.1 Å². The largest absolute Gasteiger partial charge is 0.322 e. The number of hydrogen-bond acceptors (Lipinski definition) is 3. The quantitative estimate of drug-likeness (QED) is 0.706. The van der Waals surface area contributed by atoms with E-state index in [4.69, 9.17) is 0 Å². The highest BCUT2D eigenvalue weighted by Crippen LogP contribution is 2.13. The van der Waals surface area contributed by atoms with Gasteiger partial charge in [0.1, 0.15) is 0 Å². The Labute approximate surface area is 157 Å². The summed E-state index contributed by atoms with van der Waals surface area (Å²) in [6, 6.07) is 17.5. The number of aryl methyl sites for hydroxylation is 1. The average molecular weight is 360 g/mol. The van der Waals surface area contributed by atoms with Crippen LogP contribution in [-0.4, -0.2) is 16.3 Å². The van der Waals surface area contributed by atoms with E-state index >= 15 is 0 Å². The molecule has 0 fully saturated rings. The van der Waals surface area contributed by atoms with Crippen molar-refractivity contribution in [3.63, 3.8) is 0 Å². The molecule has 3 aromatic rings. The van der Waals surface area contributed by atoms with Crippen molar-refractivity contribution in [3.05, 3.63) is 99.5 Å². The van der Waals surface area contributed by atoms with E-state index in [1.807, 2.05) is 31.2 Å². The molecule has 27 heavy (non-hydrogen) atoms. The first-order valence-electron chi connectivity index (χ1n) is 8.61. The lowest BCUT2D eigenvalue weighted by Crippen LogP contribution is -2.23. The second-order valence-corrected chi connectivity index (χ2v) is 6.40. The number of pyridine rings is 1. The van der Waals surface area contributed by atoms with Crippen molar-refractivity contribution in [3.8, 4) is 0 Å². The molecule has 1 amide bonds. The smallest absolute Gasteiger partial charge is 0.257 e. The first-order chi connectivity index (χ1) is 12.9. The first-order valence-corrected chi connectivity index (χ1v) is 8.61. The van der Waals surface area contributed by atoms with Crippen LogP contribution in [0, 0.1) is 6.92 Å². The summed E-state index contributed by atoms with van der Waals surface area (Å²) in [4.78, 5) is 36.2. The highest BCUT2D eigenvalue weighted by atomic mass is 16.2. The standard InChI is InChI=1S/C22H20N2O3/c1-15-6-3-4-7-18(15)13-24-14-19(10-11-21(24)26)22(27)23-20-9-5-8-17(12-20)16(2)25/h3-12,14H,13H2,1-2H3,(H,23,27). The number of carbonyl (C=O) groups excluding carboxylic acids is 2. The highest BCUT2D eigenvalue weighted by molar-refractivity contribution is 6.04. The Morgan fingerprint density at radius 1 is 0.963 bits per heavy atom. The average Bonchev–Trinajstić information content (AvgIpc) is 2.65. The molecule has 2 aromatic carbocycles. The molecule has 0 aliphatic heterocycles. The number of nitrogens with one attached hydrogen (secondary N) is 1. The molecule has 0 aliphatic carbocycles. The van der Waals surface area contributed by atoms with E-state index in [1.54, 1.807) is 30.5 Å². The Hall–Kier alpha value is -3.47. The van der Waals surface area contributed by atoms with Gasteiger partial charge in [-0.25, -0.2) is 0 Å². The molecule has 0 saturated heterocycles. The number of carbonyl (C=O) groups is 2. The van der Waals surface area contributed by atoms with Crippen LogP contribution in [0.4, 0.5) is 5.69 Å². The topological polar surface area (TPSA) is 68.2 Å². The number of Topliss-reactive ketones (excluding diaryl/α,β-unsaturated/α-hetero) is 1. The second-order valence-electron chi connectivity index (χ2n) is 6.40. The predicted octanol–water partition coefficient (Wildman–Crippen LogP) is 3.66. The molecule has 0 aliphatic rings. The van der Waals surface area contributed by atoms with Crippen LogP contribution >= 0.6 is 0 Å². The fraction of sp³-hybridized carbons (Fsp3) is 0.136. The summed E-state index contributed by atoms with van der Waals surface area (Å²) in [7, 11) is 0. The van der Waals surface area contributed by atoms with Gasteiger partial charge in [-0.2, -0.15) is 0 Å². The van der Waals surface area contributed by atoms with Gasteiger partial charge in [-0.3, -0.25) is 14.4 Å². The number of amides is 1. The number of ketones is 1. The van der Waals surface area contributed by atoms with E-state index in [9.17, 15) is 14.4 Å². The highest BCUT2D eigenvalue weighted by Gasteiger charge is 2.10. The van der Waals surface area contributed by atoms with Gasteiger partial charge < -0.3 is 9.88 Å². The van der Waals surface area contributed by atoms with Crippen molar-refractivity contribution in [2.75, 3.05) is 5.32 Å². The van der Waals surface area contributed by atoms with E-state index in [-0.39, 0.29) is 17.2 Å². The number of rotatable bonds is 5. The van der Waals surface area contributed by atoms with Crippen molar-refractivity contribution in [1.82, 2.24) is 4.57 Å². The molecule has 0 radical (unpaired) electrons. The van der Waals surface area contributed by atoms with Gasteiger partial charge >= 0.3 is 0 Å². The Morgan fingerprint density at radius 3 is 2.48 bits per heavy atom.